The van der Waals surface area contributed by atoms with Crippen LogP contribution in [0.3, 0.4) is 0 Å². The summed E-state index contributed by atoms with van der Waals surface area (Å²) in [6.07, 6.45) is 0. The van der Waals surface area contributed by atoms with Gasteiger partial charge in [0.15, 0.2) is 5.13 Å². The number of thiazole rings is 1. The third-order valence-electron chi connectivity index (χ3n) is 4.25. The lowest BCUT2D eigenvalue weighted by molar-refractivity contribution is -0.121. The minimum absolute atomic E-state index is 0.0568. The lowest BCUT2D eigenvalue weighted by atomic mass is 10.1. The molecule has 0 bridgehead atoms. The van der Waals surface area contributed by atoms with E-state index in [1.807, 2.05) is 49.9 Å². The smallest absolute Gasteiger partial charge is 0.229 e. The van der Waals surface area contributed by atoms with Crippen molar-refractivity contribution in [3.63, 3.8) is 0 Å². The number of carbonyl (C=O) groups is 1. The Bertz CT molecular complexity index is 706. The van der Waals surface area contributed by atoms with E-state index in [2.05, 4.69) is 10.3 Å². The Balaban J connectivity index is 1.79. The summed E-state index contributed by atoms with van der Waals surface area (Å²) in [4.78, 5) is 21.6. The third-order valence-corrected chi connectivity index (χ3v) is 5.20. The largest absolute Gasteiger partial charge is 0.378 e. The van der Waals surface area contributed by atoms with Gasteiger partial charge in [0.1, 0.15) is 0 Å². The molecule has 0 saturated carbocycles. The van der Waals surface area contributed by atoms with Gasteiger partial charge in [0.05, 0.1) is 25.5 Å². The molecule has 1 fully saturated rings. The predicted octanol–water partition coefficient (Wildman–Crippen LogP) is 3.48. The van der Waals surface area contributed by atoms with Crippen molar-refractivity contribution in [3.8, 4) is 0 Å². The summed E-state index contributed by atoms with van der Waals surface area (Å²) >= 11 is 1.64. The molecule has 2 heterocycles. The van der Waals surface area contributed by atoms with Gasteiger partial charge in [-0.25, -0.2) is 4.98 Å². The Morgan fingerprint density at radius 1 is 1.28 bits per heavy atom. The van der Waals surface area contributed by atoms with Gasteiger partial charge in [-0.1, -0.05) is 31.5 Å². The van der Waals surface area contributed by atoms with Gasteiger partial charge < -0.3 is 14.5 Å². The highest BCUT2D eigenvalue weighted by Crippen LogP contribution is 2.25. The molecule has 0 unspecified atom stereocenters. The number of nitrogens with zero attached hydrogens (tertiary/aromatic N) is 3. The van der Waals surface area contributed by atoms with Crippen LogP contribution in [-0.2, 0) is 16.1 Å². The Morgan fingerprint density at radius 2 is 1.96 bits per heavy atom. The van der Waals surface area contributed by atoms with Gasteiger partial charge in [0.25, 0.3) is 0 Å². The van der Waals surface area contributed by atoms with Crippen LogP contribution in [0.1, 0.15) is 25.1 Å². The number of amides is 1. The number of hydrogen-bond donors (Lipinski definition) is 0. The number of ether oxygens (including phenoxy) is 1. The molecule has 0 radical (unpaired) electrons. The molecular formula is C19H25N3O2S. The maximum atomic E-state index is 12.7. The molecule has 1 amide bonds. The molecule has 0 aliphatic carbocycles. The van der Waals surface area contributed by atoms with E-state index in [1.54, 1.807) is 11.3 Å². The van der Waals surface area contributed by atoms with Crippen molar-refractivity contribution < 1.29 is 9.53 Å². The fourth-order valence-corrected chi connectivity index (χ4v) is 3.63. The van der Waals surface area contributed by atoms with E-state index in [9.17, 15) is 4.79 Å². The maximum Gasteiger partial charge on any atom is 0.229 e. The van der Waals surface area contributed by atoms with Gasteiger partial charge in [0, 0.05) is 30.1 Å². The van der Waals surface area contributed by atoms with Crippen LogP contribution in [0, 0.1) is 12.8 Å². The summed E-state index contributed by atoms with van der Waals surface area (Å²) in [5, 5.41) is 3.07. The molecular weight excluding hydrogens is 334 g/mol. The zero-order chi connectivity index (χ0) is 17.8. The predicted molar refractivity (Wildman–Crippen MR) is 102 cm³/mol. The molecule has 25 heavy (non-hydrogen) atoms. The minimum Gasteiger partial charge on any atom is -0.378 e. The van der Waals surface area contributed by atoms with E-state index in [0.717, 1.165) is 42.8 Å². The van der Waals surface area contributed by atoms with E-state index in [1.165, 1.54) is 5.56 Å². The van der Waals surface area contributed by atoms with Gasteiger partial charge in [-0.2, -0.15) is 0 Å². The molecule has 134 valence electrons. The highest BCUT2D eigenvalue weighted by Gasteiger charge is 2.21. The van der Waals surface area contributed by atoms with Crippen molar-refractivity contribution in [2.45, 2.75) is 27.3 Å². The molecule has 1 aliphatic rings. The number of aromatic nitrogens is 1. The summed E-state index contributed by atoms with van der Waals surface area (Å²) in [5.41, 5.74) is 3.04. The van der Waals surface area contributed by atoms with Crippen LogP contribution in [0.5, 0.6) is 0 Å². The summed E-state index contributed by atoms with van der Waals surface area (Å²) < 4.78 is 5.40. The monoisotopic (exact) mass is 359 g/mol. The fourth-order valence-electron chi connectivity index (χ4n) is 2.76. The van der Waals surface area contributed by atoms with Crippen LogP contribution < -0.4 is 9.80 Å². The summed E-state index contributed by atoms with van der Waals surface area (Å²) in [5.74, 6) is 0.0587. The standard InChI is InChI=1S/C19H25N3O2S/c1-14(2)18(23)22(17-6-4-15(3)5-7-17)12-16-13-25-19(20-16)21-8-10-24-11-9-21/h4-7,13-14H,8-12H2,1-3H3. The highest BCUT2D eigenvalue weighted by molar-refractivity contribution is 7.13. The van der Waals surface area contributed by atoms with Crippen molar-refractivity contribution in [2.75, 3.05) is 36.1 Å². The van der Waals surface area contributed by atoms with Gasteiger partial charge >= 0.3 is 0 Å². The van der Waals surface area contributed by atoms with E-state index < -0.39 is 0 Å². The third kappa shape index (κ3) is 4.38. The Morgan fingerprint density at radius 3 is 2.60 bits per heavy atom. The molecule has 0 atom stereocenters. The van der Waals surface area contributed by atoms with Crippen LogP contribution in [0.15, 0.2) is 29.6 Å². The number of benzene rings is 1. The van der Waals surface area contributed by atoms with Crippen molar-refractivity contribution in [2.24, 2.45) is 5.92 Å². The molecule has 1 aromatic heterocycles. The van der Waals surface area contributed by atoms with E-state index in [4.69, 9.17) is 9.72 Å². The zero-order valence-electron chi connectivity index (χ0n) is 15.1. The summed E-state index contributed by atoms with van der Waals surface area (Å²) in [7, 11) is 0. The second kappa shape index (κ2) is 7.97. The topological polar surface area (TPSA) is 45.7 Å². The van der Waals surface area contributed by atoms with Gasteiger partial charge in [-0.05, 0) is 19.1 Å². The van der Waals surface area contributed by atoms with Crippen molar-refractivity contribution >= 4 is 28.1 Å². The SMILES string of the molecule is Cc1ccc(N(Cc2csc(N3CCOCC3)n2)C(=O)C(C)C)cc1. The molecule has 2 aromatic rings. The van der Waals surface area contributed by atoms with Gasteiger partial charge in [0.2, 0.25) is 5.91 Å². The molecule has 1 aliphatic heterocycles. The Kier molecular flexibility index (Phi) is 5.71. The lowest BCUT2D eigenvalue weighted by Gasteiger charge is -2.26. The number of aryl methyl sites for hydroxylation is 1. The van der Waals surface area contributed by atoms with E-state index in [0.29, 0.717) is 6.54 Å². The highest BCUT2D eigenvalue weighted by atomic mass is 32.1. The number of anilines is 2. The molecule has 6 heteroatoms. The van der Waals surface area contributed by atoms with Crippen molar-refractivity contribution in [1.29, 1.82) is 0 Å². The van der Waals surface area contributed by atoms with Crippen LogP contribution in [0.4, 0.5) is 10.8 Å². The lowest BCUT2D eigenvalue weighted by Crippen LogP contribution is -2.36. The normalized spacial score (nSPS) is 14.8. The first kappa shape index (κ1) is 17.9. The average molecular weight is 359 g/mol. The summed E-state index contributed by atoms with van der Waals surface area (Å²) in [6.45, 7) is 9.66. The zero-order valence-corrected chi connectivity index (χ0v) is 15.9. The summed E-state index contributed by atoms with van der Waals surface area (Å²) in [6, 6.07) is 8.09. The van der Waals surface area contributed by atoms with Crippen LogP contribution in [0.2, 0.25) is 0 Å². The number of hydrogen-bond acceptors (Lipinski definition) is 5. The molecule has 3 rings (SSSR count). The van der Waals surface area contributed by atoms with E-state index >= 15 is 0 Å². The quantitative estimate of drug-likeness (QED) is 0.820. The van der Waals surface area contributed by atoms with Crippen molar-refractivity contribution in [1.82, 2.24) is 4.98 Å². The number of carbonyl (C=O) groups excluding carboxylic acids is 1. The number of morpholine rings is 1. The maximum absolute atomic E-state index is 12.7. The first-order valence-electron chi connectivity index (χ1n) is 8.69. The van der Waals surface area contributed by atoms with Gasteiger partial charge in [-0.3, -0.25) is 4.79 Å². The first-order valence-corrected chi connectivity index (χ1v) is 9.57. The van der Waals surface area contributed by atoms with Gasteiger partial charge in [-0.15, -0.1) is 11.3 Å². The fraction of sp³-hybridized carbons (Fsp3) is 0.474. The second-order valence-electron chi connectivity index (χ2n) is 6.64. The van der Waals surface area contributed by atoms with Crippen LogP contribution in [-0.4, -0.2) is 37.2 Å². The second-order valence-corrected chi connectivity index (χ2v) is 7.47. The van der Waals surface area contributed by atoms with Crippen LogP contribution >= 0.6 is 11.3 Å². The first-order chi connectivity index (χ1) is 12.0. The van der Waals surface area contributed by atoms with Crippen molar-refractivity contribution in [3.05, 3.63) is 40.9 Å². The molecule has 5 nitrogen and oxygen atoms in total. The average Bonchev–Trinajstić information content (AvgIpc) is 3.09. The minimum atomic E-state index is -0.0568. The molecule has 1 saturated heterocycles. The molecule has 0 N–H and O–H groups in total. The Labute approximate surface area is 153 Å². The molecule has 0 spiro atoms. The number of rotatable bonds is 5. The van der Waals surface area contributed by atoms with Crippen LogP contribution in [0.25, 0.3) is 0 Å². The molecule has 1 aromatic carbocycles. The Hall–Kier alpha value is -1.92. The van der Waals surface area contributed by atoms with E-state index in [-0.39, 0.29) is 11.8 Å².